The maximum atomic E-state index is 12.0. The number of para-hydroxylation sites is 1. The zero-order valence-electron chi connectivity index (χ0n) is 13.7. The fourth-order valence-corrected chi connectivity index (χ4v) is 3.00. The van der Waals surface area contributed by atoms with Gasteiger partial charge in [0.25, 0.3) is 5.91 Å². The average molecular weight is 356 g/mol. The Labute approximate surface area is 150 Å². The van der Waals surface area contributed by atoms with Crippen molar-refractivity contribution in [1.29, 1.82) is 0 Å². The van der Waals surface area contributed by atoms with E-state index < -0.39 is 11.9 Å². The minimum absolute atomic E-state index is 0.343. The third kappa shape index (κ3) is 4.00. The van der Waals surface area contributed by atoms with Gasteiger partial charge in [0.05, 0.1) is 0 Å². The molecule has 128 valence electrons. The molecular formula is C19H18ClN3O2. The van der Waals surface area contributed by atoms with Gasteiger partial charge in [0.2, 0.25) is 0 Å². The lowest BCUT2D eigenvalue weighted by molar-refractivity contribution is 0.0964. The number of hydrogen-bond acceptors (Lipinski definition) is 2. The first kappa shape index (κ1) is 17.0. The summed E-state index contributed by atoms with van der Waals surface area (Å²) in [6.07, 6.45) is 0.675. The first-order chi connectivity index (χ1) is 12.0. The number of halogens is 1. The second kappa shape index (κ2) is 7.40. The molecule has 5 nitrogen and oxygen atoms in total. The first-order valence-corrected chi connectivity index (χ1v) is 8.33. The maximum absolute atomic E-state index is 12.0. The Kier molecular flexibility index (Phi) is 5.05. The largest absolute Gasteiger partial charge is 0.358 e. The van der Waals surface area contributed by atoms with E-state index in [4.69, 9.17) is 11.6 Å². The molecule has 6 heteroatoms. The Hall–Kier alpha value is -2.79. The summed E-state index contributed by atoms with van der Waals surface area (Å²) in [7, 11) is 0. The van der Waals surface area contributed by atoms with Crippen LogP contribution in [-0.4, -0.2) is 23.5 Å². The predicted molar refractivity (Wildman–Crippen MR) is 99.1 cm³/mol. The summed E-state index contributed by atoms with van der Waals surface area (Å²) in [5, 5.41) is 6.61. The smallest absolute Gasteiger partial charge is 0.321 e. The molecule has 3 aromatic rings. The van der Waals surface area contributed by atoms with Gasteiger partial charge in [-0.25, -0.2) is 4.79 Å². The Morgan fingerprint density at radius 1 is 1.12 bits per heavy atom. The molecule has 0 aliphatic heterocycles. The average Bonchev–Trinajstić information content (AvgIpc) is 2.90. The van der Waals surface area contributed by atoms with E-state index in [1.54, 1.807) is 18.2 Å². The summed E-state index contributed by atoms with van der Waals surface area (Å²) < 4.78 is 0. The number of imide groups is 1. The molecule has 1 aromatic heterocycles. The van der Waals surface area contributed by atoms with Gasteiger partial charge in [-0.2, -0.15) is 0 Å². The lowest BCUT2D eigenvalue weighted by atomic mass is 10.1. The van der Waals surface area contributed by atoms with Crippen LogP contribution < -0.4 is 10.6 Å². The highest BCUT2D eigenvalue weighted by Crippen LogP contribution is 2.21. The van der Waals surface area contributed by atoms with E-state index in [0.717, 1.165) is 22.2 Å². The number of aromatic nitrogens is 1. The number of rotatable bonds is 4. The lowest BCUT2D eigenvalue weighted by Gasteiger charge is -2.07. The van der Waals surface area contributed by atoms with Crippen LogP contribution in [0.15, 0.2) is 48.5 Å². The number of benzene rings is 2. The second-order valence-electron chi connectivity index (χ2n) is 5.74. The van der Waals surface area contributed by atoms with Crippen LogP contribution in [0.1, 0.15) is 21.6 Å². The van der Waals surface area contributed by atoms with Crippen molar-refractivity contribution in [2.75, 3.05) is 6.54 Å². The van der Waals surface area contributed by atoms with E-state index in [1.807, 2.05) is 25.1 Å². The molecule has 3 N–H and O–H groups in total. The Morgan fingerprint density at radius 2 is 1.92 bits per heavy atom. The van der Waals surface area contributed by atoms with Crippen molar-refractivity contribution in [2.45, 2.75) is 13.3 Å². The lowest BCUT2D eigenvalue weighted by Crippen LogP contribution is -2.40. The van der Waals surface area contributed by atoms with E-state index >= 15 is 0 Å². The fraction of sp³-hybridized carbons (Fsp3) is 0.158. The molecule has 0 saturated heterocycles. The molecule has 0 atom stereocenters. The summed E-state index contributed by atoms with van der Waals surface area (Å²) in [5.41, 5.74) is 3.67. The quantitative estimate of drug-likeness (QED) is 0.665. The predicted octanol–water partition coefficient (Wildman–Crippen LogP) is 3.81. The molecule has 0 unspecified atom stereocenters. The highest BCUT2D eigenvalue weighted by Gasteiger charge is 2.11. The van der Waals surface area contributed by atoms with Crippen LogP contribution in [0.25, 0.3) is 10.9 Å². The van der Waals surface area contributed by atoms with Gasteiger partial charge < -0.3 is 10.3 Å². The van der Waals surface area contributed by atoms with Crippen molar-refractivity contribution in [1.82, 2.24) is 15.6 Å². The van der Waals surface area contributed by atoms with Crippen molar-refractivity contribution >= 4 is 34.4 Å². The molecule has 3 amide bonds. The van der Waals surface area contributed by atoms with E-state index in [9.17, 15) is 9.59 Å². The molecule has 0 aliphatic carbocycles. The number of hydrogen-bond donors (Lipinski definition) is 3. The highest BCUT2D eigenvalue weighted by atomic mass is 35.5. The first-order valence-electron chi connectivity index (χ1n) is 7.95. The zero-order valence-corrected chi connectivity index (χ0v) is 14.5. The van der Waals surface area contributed by atoms with Crippen LogP contribution in [0.5, 0.6) is 0 Å². The molecule has 0 spiro atoms. The summed E-state index contributed by atoms with van der Waals surface area (Å²) in [4.78, 5) is 27.2. The van der Waals surface area contributed by atoms with Gasteiger partial charge in [-0.05, 0) is 43.2 Å². The molecule has 25 heavy (non-hydrogen) atoms. The molecule has 0 aliphatic rings. The summed E-state index contributed by atoms with van der Waals surface area (Å²) in [6.45, 7) is 2.44. The molecule has 1 heterocycles. The summed E-state index contributed by atoms with van der Waals surface area (Å²) >= 11 is 5.85. The number of nitrogens with one attached hydrogen (secondary N) is 3. The minimum Gasteiger partial charge on any atom is -0.358 e. The Balaban J connectivity index is 1.56. The molecule has 0 bridgehead atoms. The number of carbonyl (C=O) groups excluding carboxylic acids is 2. The maximum Gasteiger partial charge on any atom is 0.321 e. The van der Waals surface area contributed by atoms with Crippen LogP contribution in [0.2, 0.25) is 5.02 Å². The van der Waals surface area contributed by atoms with E-state index in [0.29, 0.717) is 23.6 Å². The third-order valence-electron chi connectivity index (χ3n) is 4.00. The molecule has 0 radical (unpaired) electrons. The SMILES string of the molecule is Cc1[nH]c2ccccc2c1CCNC(=O)NC(=O)c1cccc(Cl)c1. The number of carbonyl (C=O) groups is 2. The van der Waals surface area contributed by atoms with Gasteiger partial charge in [-0.1, -0.05) is 35.9 Å². The van der Waals surface area contributed by atoms with Gasteiger partial charge in [-0.3, -0.25) is 10.1 Å². The molecular weight excluding hydrogens is 338 g/mol. The molecule has 3 rings (SSSR count). The monoisotopic (exact) mass is 355 g/mol. The molecule has 0 fully saturated rings. The highest BCUT2D eigenvalue weighted by molar-refractivity contribution is 6.31. The van der Waals surface area contributed by atoms with E-state index in [2.05, 4.69) is 21.7 Å². The number of amides is 3. The number of aromatic amines is 1. The standard InChI is InChI=1S/C19H18ClN3O2/c1-12-15(16-7-2-3-8-17(16)22-12)9-10-21-19(25)23-18(24)13-5-4-6-14(20)11-13/h2-8,11,22H,9-10H2,1H3,(H2,21,23,24,25). The molecule has 2 aromatic carbocycles. The van der Waals surface area contributed by atoms with Crippen LogP contribution in [0.3, 0.4) is 0 Å². The number of urea groups is 1. The number of H-pyrrole nitrogens is 1. The van der Waals surface area contributed by atoms with Crippen molar-refractivity contribution in [3.05, 3.63) is 70.4 Å². The van der Waals surface area contributed by atoms with E-state index in [1.165, 1.54) is 6.07 Å². The Bertz CT molecular complexity index is 933. The van der Waals surface area contributed by atoms with Gasteiger partial charge in [-0.15, -0.1) is 0 Å². The van der Waals surface area contributed by atoms with Crippen molar-refractivity contribution in [3.63, 3.8) is 0 Å². The van der Waals surface area contributed by atoms with Crippen LogP contribution in [0.4, 0.5) is 4.79 Å². The van der Waals surface area contributed by atoms with Crippen molar-refractivity contribution < 1.29 is 9.59 Å². The number of aryl methyl sites for hydroxylation is 1. The minimum atomic E-state index is -0.525. The summed E-state index contributed by atoms with van der Waals surface area (Å²) in [5.74, 6) is -0.483. The fourth-order valence-electron chi connectivity index (χ4n) is 2.81. The Morgan fingerprint density at radius 3 is 2.72 bits per heavy atom. The normalized spacial score (nSPS) is 10.6. The summed E-state index contributed by atoms with van der Waals surface area (Å²) in [6, 6.07) is 14.0. The number of fused-ring (bicyclic) bond motifs is 1. The van der Waals surface area contributed by atoms with Crippen molar-refractivity contribution in [2.24, 2.45) is 0 Å². The van der Waals surface area contributed by atoms with Gasteiger partial charge in [0.1, 0.15) is 0 Å². The zero-order chi connectivity index (χ0) is 17.8. The topological polar surface area (TPSA) is 74.0 Å². The van der Waals surface area contributed by atoms with Gasteiger partial charge in [0, 0.05) is 33.7 Å². The second-order valence-corrected chi connectivity index (χ2v) is 6.18. The van der Waals surface area contributed by atoms with Crippen molar-refractivity contribution in [3.8, 4) is 0 Å². The van der Waals surface area contributed by atoms with Crippen LogP contribution >= 0.6 is 11.6 Å². The third-order valence-corrected chi connectivity index (χ3v) is 4.24. The van der Waals surface area contributed by atoms with E-state index in [-0.39, 0.29) is 0 Å². The van der Waals surface area contributed by atoms with Gasteiger partial charge >= 0.3 is 6.03 Å². The van der Waals surface area contributed by atoms with Crippen LogP contribution in [-0.2, 0) is 6.42 Å². The van der Waals surface area contributed by atoms with Crippen LogP contribution in [0, 0.1) is 6.92 Å². The van der Waals surface area contributed by atoms with Gasteiger partial charge in [0.15, 0.2) is 0 Å². The molecule has 0 saturated carbocycles.